The molecule has 3 rings (SSSR count). The summed E-state index contributed by atoms with van der Waals surface area (Å²) >= 11 is 3.53. The fraction of sp³-hybridized carbons (Fsp3) is 0.133. The lowest BCUT2D eigenvalue weighted by Crippen LogP contribution is -2.11. The smallest absolute Gasteiger partial charge is 0.106 e. The highest BCUT2D eigenvalue weighted by Crippen LogP contribution is 2.27. The van der Waals surface area contributed by atoms with E-state index in [1.807, 2.05) is 29.0 Å². The molecule has 0 fully saturated rings. The minimum Gasteiger partial charge on any atom is -0.306 e. The van der Waals surface area contributed by atoms with Gasteiger partial charge in [0, 0.05) is 34.4 Å². The minimum atomic E-state index is 0.843. The van der Waals surface area contributed by atoms with E-state index in [1.165, 1.54) is 15.3 Å². The first kappa shape index (κ1) is 12.5. The first-order valence-electron chi connectivity index (χ1n) is 6.15. The molecule has 2 nitrogen and oxygen atoms in total. The van der Waals surface area contributed by atoms with Crippen molar-refractivity contribution in [1.82, 2.24) is 10.3 Å². The number of hydrogen-bond acceptors (Lipinski definition) is 4. The Balaban J connectivity index is 1.59. The second kappa shape index (κ2) is 6.10. The van der Waals surface area contributed by atoms with Crippen molar-refractivity contribution in [2.45, 2.75) is 13.1 Å². The van der Waals surface area contributed by atoms with Gasteiger partial charge in [-0.2, -0.15) is 0 Å². The maximum atomic E-state index is 4.26. The molecule has 0 spiro atoms. The Labute approximate surface area is 120 Å². The Bertz CT molecular complexity index is 615. The largest absolute Gasteiger partial charge is 0.306 e. The van der Waals surface area contributed by atoms with Gasteiger partial charge in [-0.1, -0.05) is 30.3 Å². The van der Waals surface area contributed by atoms with Gasteiger partial charge in [0.2, 0.25) is 0 Å². The summed E-state index contributed by atoms with van der Waals surface area (Å²) in [4.78, 5) is 6.94. The van der Waals surface area contributed by atoms with Crippen LogP contribution in [0.1, 0.15) is 9.88 Å². The van der Waals surface area contributed by atoms with E-state index in [2.05, 4.69) is 46.7 Å². The van der Waals surface area contributed by atoms with Crippen molar-refractivity contribution in [2.75, 3.05) is 0 Å². The predicted molar refractivity (Wildman–Crippen MR) is 82.4 cm³/mol. The molecule has 0 aliphatic carbocycles. The first-order valence-corrected chi connectivity index (χ1v) is 7.84. The van der Waals surface area contributed by atoms with Crippen LogP contribution in [-0.4, -0.2) is 4.98 Å². The van der Waals surface area contributed by atoms with Crippen molar-refractivity contribution in [3.8, 4) is 10.4 Å². The molecule has 0 saturated heterocycles. The van der Waals surface area contributed by atoms with E-state index >= 15 is 0 Å². The van der Waals surface area contributed by atoms with Crippen molar-refractivity contribution in [3.05, 3.63) is 63.9 Å². The molecule has 4 heteroatoms. The maximum Gasteiger partial charge on any atom is 0.106 e. The molecule has 0 radical (unpaired) electrons. The summed E-state index contributed by atoms with van der Waals surface area (Å²) in [6.07, 6.45) is 1.85. The maximum absolute atomic E-state index is 4.26. The Morgan fingerprint density at radius 3 is 2.68 bits per heavy atom. The third kappa shape index (κ3) is 3.29. The Kier molecular flexibility index (Phi) is 4.03. The molecule has 0 amide bonds. The zero-order valence-corrected chi connectivity index (χ0v) is 12.0. The molecular formula is C15H14N2S2. The van der Waals surface area contributed by atoms with Gasteiger partial charge in [-0.05, 0) is 17.7 Å². The topological polar surface area (TPSA) is 24.9 Å². The van der Waals surface area contributed by atoms with Crippen LogP contribution < -0.4 is 5.32 Å². The predicted octanol–water partition coefficient (Wildman–Crippen LogP) is 4.16. The van der Waals surface area contributed by atoms with E-state index in [1.54, 1.807) is 11.3 Å². The van der Waals surface area contributed by atoms with Crippen molar-refractivity contribution in [3.63, 3.8) is 0 Å². The number of rotatable bonds is 5. The van der Waals surface area contributed by atoms with Crippen LogP contribution in [0.2, 0.25) is 0 Å². The first-order chi connectivity index (χ1) is 9.42. The number of nitrogens with one attached hydrogen (secondary N) is 1. The zero-order chi connectivity index (χ0) is 12.9. The van der Waals surface area contributed by atoms with Gasteiger partial charge in [-0.15, -0.1) is 22.7 Å². The molecular weight excluding hydrogens is 272 g/mol. The van der Waals surface area contributed by atoms with Gasteiger partial charge in [0.1, 0.15) is 5.01 Å². The van der Waals surface area contributed by atoms with Crippen LogP contribution in [0.4, 0.5) is 0 Å². The number of benzene rings is 1. The van der Waals surface area contributed by atoms with Crippen molar-refractivity contribution in [1.29, 1.82) is 0 Å². The Hall–Kier alpha value is -1.49. The van der Waals surface area contributed by atoms with E-state index in [0.717, 1.165) is 18.1 Å². The molecule has 19 heavy (non-hydrogen) atoms. The summed E-state index contributed by atoms with van der Waals surface area (Å²) in [6, 6.07) is 14.9. The molecule has 1 aromatic carbocycles. The molecule has 96 valence electrons. The van der Waals surface area contributed by atoms with Gasteiger partial charge in [0.15, 0.2) is 0 Å². The van der Waals surface area contributed by atoms with E-state index in [4.69, 9.17) is 0 Å². The number of thiazole rings is 1. The van der Waals surface area contributed by atoms with Crippen molar-refractivity contribution >= 4 is 22.7 Å². The normalized spacial score (nSPS) is 10.7. The summed E-state index contributed by atoms with van der Waals surface area (Å²) in [5.74, 6) is 0. The fourth-order valence-corrected chi connectivity index (χ4v) is 3.43. The molecule has 2 heterocycles. The quantitative estimate of drug-likeness (QED) is 0.761. The van der Waals surface area contributed by atoms with Gasteiger partial charge in [-0.3, -0.25) is 0 Å². The van der Waals surface area contributed by atoms with Crippen molar-refractivity contribution in [2.24, 2.45) is 0 Å². The van der Waals surface area contributed by atoms with Crippen LogP contribution in [-0.2, 0) is 13.1 Å². The van der Waals surface area contributed by atoms with E-state index in [9.17, 15) is 0 Å². The van der Waals surface area contributed by atoms with Crippen LogP contribution in [0.15, 0.2) is 54.0 Å². The highest BCUT2D eigenvalue weighted by Gasteiger charge is 2.02. The number of aromatic nitrogens is 1. The van der Waals surface area contributed by atoms with Crippen LogP contribution in [0.5, 0.6) is 0 Å². The Morgan fingerprint density at radius 1 is 1.00 bits per heavy atom. The lowest BCUT2D eigenvalue weighted by molar-refractivity contribution is 0.697. The molecule has 1 N–H and O–H groups in total. The van der Waals surface area contributed by atoms with Crippen LogP contribution >= 0.6 is 22.7 Å². The third-order valence-corrected chi connectivity index (χ3v) is 4.69. The zero-order valence-electron chi connectivity index (χ0n) is 10.4. The van der Waals surface area contributed by atoms with Crippen LogP contribution in [0, 0.1) is 0 Å². The minimum absolute atomic E-state index is 0.843. The summed E-state index contributed by atoms with van der Waals surface area (Å²) in [6.45, 7) is 1.74. The number of thiophene rings is 1. The molecule has 0 atom stereocenters. The van der Waals surface area contributed by atoms with Gasteiger partial charge < -0.3 is 5.32 Å². The van der Waals surface area contributed by atoms with E-state index in [0.29, 0.717) is 0 Å². The lowest BCUT2D eigenvalue weighted by atomic mass is 10.2. The molecule has 2 aromatic heterocycles. The highest BCUT2D eigenvalue weighted by molar-refractivity contribution is 7.15. The van der Waals surface area contributed by atoms with Gasteiger partial charge in [0.25, 0.3) is 0 Å². The summed E-state index contributed by atoms with van der Waals surface area (Å²) in [5.41, 5.74) is 1.29. The summed E-state index contributed by atoms with van der Waals surface area (Å²) in [5, 5.41) is 6.58. The number of hydrogen-bond donors (Lipinski definition) is 1. The molecule has 0 saturated carbocycles. The summed E-state index contributed by atoms with van der Waals surface area (Å²) in [7, 11) is 0. The standard InChI is InChI=1S/C15H14N2S2/c1-2-4-12(5-3-1)14-7-6-13(19-14)10-16-11-15-17-8-9-18-15/h1-9,16H,10-11H2. The van der Waals surface area contributed by atoms with Gasteiger partial charge >= 0.3 is 0 Å². The van der Waals surface area contributed by atoms with Crippen LogP contribution in [0.3, 0.4) is 0 Å². The van der Waals surface area contributed by atoms with Gasteiger partial charge in [0.05, 0.1) is 0 Å². The fourth-order valence-electron chi connectivity index (χ4n) is 1.86. The lowest BCUT2D eigenvalue weighted by Gasteiger charge is -1.99. The number of nitrogens with zero attached hydrogens (tertiary/aromatic N) is 1. The van der Waals surface area contributed by atoms with E-state index in [-0.39, 0.29) is 0 Å². The Morgan fingerprint density at radius 2 is 1.89 bits per heavy atom. The molecule has 0 bridgehead atoms. The molecule has 3 aromatic rings. The molecule has 0 aliphatic heterocycles. The molecule has 0 unspecified atom stereocenters. The molecule has 0 aliphatic rings. The van der Waals surface area contributed by atoms with Gasteiger partial charge in [-0.25, -0.2) is 4.98 Å². The highest BCUT2D eigenvalue weighted by atomic mass is 32.1. The average molecular weight is 286 g/mol. The van der Waals surface area contributed by atoms with Crippen LogP contribution in [0.25, 0.3) is 10.4 Å². The SMILES string of the molecule is c1ccc(-c2ccc(CNCc3nccs3)s2)cc1. The second-order valence-electron chi connectivity index (χ2n) is 4.16. The summed E-state index contributed by atoms with van der Waals surface area (Å²) < 4.78 is 0. The van der Waals surface area contributed by atoms with E-state index < -0.39 is 0 Å². The monoisotopic (exact) mass is 286 g/mol. The average Bonchev–Trinajstić information content (AvgIpc) is 3.11. The third-order valence-electron chi connectivity index (χ3n) is 2.78. The van der Waals surface area contributed by atoms with Crippen molar-refractivity contribution < 1.29 is 0 Å². The second-order valence-corrected chi connectivity index (χ2v) is 6.31.